The predicted molar refractivity (Wildman–Crippen MR) is 137 cm³/mol. The lowest BCUT2D eigenvalue weighted by atomic mass is 9.97. The van der Waals surface area contributed by atoms with Crippen LogP contribution in [0.3, 0.4) is 0 Å². The first-order valence-corrected chi connectivity index (χ1v) is 13.0. The molecule has 1 aliphatic heterocycles. The number of halogens is 1. The van der Waals surface area contributed by atoms with E-state index < -0.39 is 0 Å². The zero-order chi connectivity index (χ0) is 23.1. The van der Waals surface area contributed by atoms with Crippen LogP contribution in [0.5, 0.6) is 0 Å². The first-order valence-electron chi connectivity index (χ1n) is 11.4. The molecule has 5 rings (SSSR count). The fourth-order valence-electron chi connectivity index (χ4n) is 4.70. The Labute approximate surface area is 206 Å². The van der Waals surface area contributed by atoms with Gasteiger partial charge in [0.2, 0.25) is 0 Å². The van der Waals surface area contributed by atoms with Crippen LogP contribution in [0.15, 0.2) is 47.2 Å². The van der Waals surface area contributed by atoms with Crippen LogP contribution >= 0.6 is 27.3 Å². The minimum atomic E-state index is 0.0430. The highest BCUT2D eigenvalue weighted by Crippen LogP contribution is 2.33. The van der Waals surface area contributed by atoms with E-state index in [1.807, 2.05) is 30.0 Å². The second kappa shape index (κ2) is 9.03. The van der Waals surface area contributed by atoms with Crippen molar-refractivity contribution >= 4 is 38.8 Å². The Morgan fingerprint density at radius 2 is 1.88 bits per heavy atom. The number of carbonyl (C=O) groups excluding carboxylic acids is 1. The quantitative estimate of drug-likeness (QED) is 0.312. The molecule has 1 saturated heterocycles. The van der Waals surface area contributed by atoms with Gasteiger partial charge in [-0.1, -0.05) is 30.3 Å². The summed E-state index contributed by atoms with van der Waals surface area (Å²) in [6.45, 7) is 6.96. The molecular formula is C26H27BrN4OS. The van der Waals surface area contributed by atoms with E-state index in [4.69, 9.17) is 4.98 Å². The first-order chi connectivity index (χ1) is 15.9. The number of aromatic nitrogens is 3. The van der Waals surface area contributed by atoms with E-state index in [2.05, 4.69) is 63.7 Å². The monoisotopic (exact) mass is 522 g/mol. The molecule has 0 N–H and O–H groups in total. The van der Waals surface area contributed by atoms with Crippen LogP contribution in [0.2, 0.25) is 0 Å². The number of imidazole rings is 1. The molecule has 170 valence electrons. The van der Waals surface area contributed by atoms with E-state index in [0.29, 0.717) is 5.69 Å². The molecule has 1 amide bonds. The van der Waals surface area contributed by atoms with Gasteiger partial charge in [-0.05, 0) is 72.7 Å². The Bertz CT molecular complexity index is 1330. The number of hydrogen-bond donors (Lipinski definition) is 0. The number of likely N-dealkylation sites (tertiary alicyclic amines) is 1. The lowest BCUT2D eigenvalue weighted by Crippen LogP contribution is -2.45. The maximum absolute atomic E-state index is 13.8. The Morgan fingerprint density at radius 3 is 2.67 bits per heavy atom. The average molecular weight is 524 g/mol. The molecule has 1 fully saturated rings. The molecule has 33 heavy (non-hydrogen) atoms. The minimum absolute atomic E-state index is 0.0430. The van der Waals surface area contributed by atoms with E-state index in [1.165, 1.54) is 11.1 Å². The van der Waals surface area contributed by atoms with Gasteiger partial charge in [0.15, 0.2) is 0 Å². The number of benzene rings is 1. The van der Waals surface area contributed by atoms with E-state index in [0.717, 1.165) is 63.5 Å². The van der Waals surface area contributed by atoms with Crippen molar-refractivity contribution in [3.05, 3.63) is 74.7 Å². The molecular weight excluding hydrogens is 496 g/mol. The Morgan fingerprint density at radius 1 is 1.09 bits per heavy atom. The largest absolute Gasteiger partial charge is 0.334 e. The maximum Gasteiger partial charge on any atom is 0.274 e. The summed E-state index contributed by atoms with van der Waals surface area (Å²) in [7, 11) is 0. The Hall–Kier alpha value is -2.51. The van der Waals surface area contributed by atoms with Crippen LogP contribution in [0.1, 0.15) is 51.6 Å². The molecule has 0 spiro atoms. The second-order valence-corrected chi connectivity index (χ2v) is 10.9. The third kappa shape index (κ3) is 4.24. The highest BCUT2D eigenvalue weighted by Gasteiger charge is 2.31. The summed E-state index contributed by atoms with van der Waals surface area (Å²) in [5, 5.41) is 0.919. The number of fused-ring (bicyclic) bond motifs is 1. The van der Waals surface area contributed by atoms with E-state index in [9.17, 15) is 4.79 Å². The number of piperidine rings is 1. The molecule has 3 aromatic heterocycles. The van der Waals surface area contributed by atoms with Crippen LogP contribution in [0.4, 0.5) is 0 Å². The Balaban J connectivity index is 1.45. The van der Waals surface area contributed by atoms with Gasteiger partial charge in [-0.2, -0.15) is 0 Å². The second-order valence-electron chi connectivity index (χ2n) is 8.82. The predicted octanol–water partition coefficient (Wildman–Crippen LogP) is 6.38. The smallest absolute Gasteiger partial charge is 0.274 e. The van der Waals surface area contributed by atoms with Gasteiger partial charge in [-0.15, -0.1) is 11.3 Å². The molecule has 0 bridgehead atoms. The lowest BCUT2D eigenvalue weighted by Gasteiger charge is -2.35. The highest BCUT2D eigenvalue weighted by molar-refractivity contribution is 9.10. The van der Waals surface area contributed by atoms with Crippen LogP contribution in [-0.2, 0) is 6.42 Å². The molecule has 1 aromatic carbocycles. The van der Waals surface area contributed by atoms with E-state index in [1.54, 1.807) is 11.3 Å². The molecule has 4 heterocycles. The van der Waals surface area contributed by atoms with Gasteiger partial charge in [0.1, 0.15) is 11.3 Å². The van der Waals surface area contributed by atoms with Crippen LogP contribution in [-0.4, -0.2) is 37.8 Å². The highest BCUT2D eigenvalue weighted by atomic mass is 79.9. The van der Waals surface area contributed by atoms with Crippen LogP contribution < -0.4 is 0 Å². The van der Waals surface area contributed by atoms with Crippen molar-refractivity contribution < 1.29 is 4.79 Å². The van der Waals surface area contributed by atoms with Crippen molar-refractivity contribution in [2.24, 2.45) is 0 Å². The van der Waals surface area contributed by atoms with Crippen molar-refractivity contribution in [3.8, 4) is 10.4 Å². The van der Waals surface area contributed by atoms with Gasteiger partial charge < -0.3 is 9.30 Å². The van der Waals surface area contributed by atoms with Crippen LogP contribution in [0, 0.1) is 20.8 Å². The number of thiazole rings is 1. The number of nitrogens with zero attached hydrogens (tertiary/aromatic N) is 4. The molecule has 1 atom stereocenters. The number of carbonyl (C=O) groups is 1. The van der Waals surface area contributed by atoms with E-state index >= 15 is 0 Å². The van der Waals surface area contributed by atoms with Crippen LogP contribution in [0.25, 0.3) is 16.1 Å². The normalized spacial score (nSPS) is 16.5. The third-order valence-electron chi connectivity index (χ3n) is 6.60. The molecule has 0 saturated carbocycles. The van der Waals surface area contributed by atoms with Gasteiger partial charge in [-0.3, -0.25) is 4.79 Å². The first kappa shape index (κ1) is 22.3. The summed E-state index contributed by atoms with van der Waals surface area (Å²) in [5.74, 6) is 0.0430. The number of aryl methyl sites for hydroxylation is 2. The van der Waals surface area contributed by atoms with Crippen molar-refractivity contribution in [2.45, 2.75) is 52.5 Å². The van der Waals surface area contributed by atoms with Crippen molar-refractivity contribution in [1.82, 2.24) is 19.3 Å². The SMILES string of the molecule is Cc1nc(C(=O)N2CCCC[C@H]2Cc2cn3cc(Br)c(C)c(C)c3n2)c(-c2ccccc2)s1. The molecule has 0 radical (unpaired) electrons. The Kier molecular flexibility index (Phi) is 6.10. The molecule has 0 unspecified atom stereocenters. The summed E-state index contributed by atoms with van der Waals surface area (Å²) in [5.41, 5.74) is 6.04. The van der Waals surface area contributed by atoms with Gasteiger partial charge in [-0.25, -0.2) is 9.97 Å². The summed E-state index contributed by atoms with van der Waals surface area (Å²) in [6.07, 6.45) is 8.09. The molecule has 1 aliphatic rings. The molecule has 0 aliphatic carbocycles. The summed E-state index contributed by atoms with van der Waals surface area (Å²) in [6, 6.07) is 10.2. The van der Waals surface area contributed by atoms with Crippen molar-refractivity contribution in [1.29, 1.82) is 0 Å². The summed E-state index contributed by atoms with van der Waals surface area (Å²) < 4.78 is 3.17. The molecule has 4 aromatic rings. The van der Waals surface area contributed by atoms with Gasteiger partial charge >= 0.3 is 0 Å². The van der Waals surface area contributed by atoms with Gasteiger partial charge in [0.25, 0.3) is 5.91 Å². The fourth-order valence-corrected chi connectivity index (χ4v) is 6.13. The summed E-state index contributed by atoms with van der Waals surface area (Å²) >= 11 is 5.24. The van der Waals surface area contributed by atoms with Gasteiger partial charge in [0, 0.05) is 35.9 Å². The number of amides is 1. The van der Waals surface area contributed by atoms with Crippen molar-refractivity contribution in [2.75, 3.05) is 6.54 Å². The maximum atomic E-state index is 13.8. The number of rotatable bonds is 4. The number of hydrogen-bond acceptors (Lipinski definition) is 4. The molecule has 5 nitrogen and oxygen atoms in total. The third-order valence-corrected chi connectivity index (χ3v) is 8.42. The lowest BCUT2D eigenvalue weighted by molar-refractivity contribution is 0.0608. The van der Waals surface area contributed by atoms with E-state index in [-0.39, 0.29) is 11.9 Å². The zero-order valence-corrected chi connectivity index (χ0v) is 21.5. The average Bonchev–Trinajstić information content (AvgIpc) is 3.41. The topological polar surface area (TPSA) is 50.5 Å². The van der Waals surface area contributed by atoms with Gasteiger partial charge in [0.05, 0.1) is 15.6 Å². The standard InChI is InChI=1S/C26H27BrN4OS/c1-16-17(2)25-29-20(14-30(25)15-22(16)27)13-21-11-7-8-12-31(21)26(32)23-24(33-18(3)28-23)19-9-5-4-6-10-19/h4-6,9-10,14-15,21H,7-8,11-13H2,1-3H3/t21-/m0/s1. The number of pyridine rings is 1. The molecule has 7 heteroatoms. The summed E-state index contributed by atoms with van der Waals surface area (Å²) in [4.78, 5) is 26.4. The zero-order valence-electron chi connectivity index (χ0n) is 19.1. The fraction of sp³-hybridized carbons (Fsp3) is 0.346. The van der Waals surface area contributed by atoms with Crippen molar-refractivity contribution in [3.63, 3.8) is 0 Å². The minimum Gasteiger partial charge on any atom is -0.334 e.